The van der Waals surface area contributed by atoms with Gasteiger partial charge in [0, 0.05) is 11.3 Å². The fourth-order valence-electron chi connectivity index (χ4n) is 0.959. The van der Waals surface area contributed by atoms with Gasteiger partial charge in [-0.25, -0.2) is 0 Å². The first-order valence-electron chi connectivity index (χ1n) is 3.49. The van der Waals surface area contributed by atoms with Gasteiger partial charge in [-0.15, -0.1) is 5.46 Å². The van der Waals surface area contributed by atoms with Gasteiger partial charge in [0.2, 0.25) is 0 Å². The van der Waals surface area contributed by atoms with Gasteiger partial charge in [0.25, 0.3) is 0 Å². The van der Waals surface area contributed by atoms with E-state index in [0.717, 1.165) is 12.1 Å². The van der Waals surface area contributed by atoms with E-state index in [1.807, 2.05) is 0 Å². The van der Waals surface area contributed by atoms with Crippen molar-refractivity contribution in [1.82, 2.24) is 0 Å². The van der Waals surface area contributed by atoms with Crippen molar-refractivity contribution < 1.29 is 17.7 Å². The number of hydrogen-bond donors (Lipinski definition) is 1. The molecule has 0 amide bonds. The number of aldehydes is 1. The molecule has 1 aromatic rings. The molecule has 0 radical (unpaired) electrons. The summed E-state index contributed by atoms with van der Waals surface area (Å²) in [6.45, 7) is -5.09. The normalized spacial score (nSPS) is 11.3. The van der Waals surface area contributed by atoms with Crippen LogP contribution in [0.1, 0.15) is 10.4 Å². The van der Waals surface area contributed by atoms with Gasteiger partial charge < -0.3 is 18.7 Å². The molecule has 1 aromatic carbocycles. The molecule has 0 bridgehead atoms. The van der Waals surface area contributed by atoms with Crippen molar-refractivity contribution in [2.24, 2.45) is 0 Å². The Hall–Kier alpha value is -1.46. The molecule has 0 saturated heterocycles. The van der Waals surface area contributed by atoms with Crippen LogP contribution in [-0.4, -0.2) is 13.3 Å². The first kappa shape index (κ1) is 9.63. The first-order chi connectivity index (χ1) is 5.93. The Labute approximate surface area is 72.6 Å². The quantitative estimate of drug-likeness (QED) is 0.429. The second-order valence-corrected chi connectivity index (χ2v) is 2.63. The van der Waals surface area contributed by atoms with Crippen molar-refractivity contribution >= 4 is 24.4 Å². The van der Waals surface area contributed by atoms with Crippen LogP contribution in [0.5, 0.6) is 0 Å². The highest BCUT2D eigenvalue weighted by Gasteiger charge is 2.25. The third kappa shape index (κ3) is 2.24. The topological polar surface area (TPSA) is 43.1 Å². The molecule has 1 rings (SSSR count). The number of carbonyl (C=O) groups excluding carboxylic acids is 1. The summed E-state index contributed by atoms with van der Waals surface area (Å²) in [5.41, 5.74) is 4.22. The van der Waals surface area contributed by atoms with Crippen LogP contribution in [0, 0.1) is 0 Å². The van der Waals surface area contributed by atoms with E-state index in [2.05, 4.69) is 0 Å². The van der Waals surface area contributed by atoms with E-state index in [1.165, 1.54) is 6.07 Å². The van der Waals surface area contributed by atoms with Crippen LogP contribution >= 0.6 is 0 Å². The van der Waals surface area contributed by atoms with Crippen LogP contribution in [0.2, 0.25) is 0 Å². The number of nitrogen functional groups attached to an aromatic ring is 1. The summed E-state index contributed by atoms with van der Waals surface area (Å²) >= 11 is 0. The lowest BCUT2D eigenvalue weighted by Crippen LogP contribution is -2.34. The highest BCUT2D eigenvalue weighted by atomic mass is 19.4. The van der Waals surface area contributed by atoms with Crippen molar-refractivity contribution in [3.05, 3.63) is 23.8 Å². The molecule has 0 aliphatic heterocycles. The van der Waals surface area contributed by atoms with Crippen molar-refractivity contribution in [2.45, 2.75) is 0 Å². The molecule has 0 aromatic heterocycles. The number of hydrogen-bond acceptors (Lipinski definition) is 2. The highest BCUT2D eigenvalue weighted by molar-refractivity contribution is 6.73. The van der Waals surface area contributed by atoms with Crippen LogP contribution in [0.15, 0.2) is 18.2 Å². The van der Waals surface area contributed by atoms with Crippen LogP contribution in [0.25, 0.3) is 0 Å². The van der Waals surface area contributed by atoms with Gasteiger partial charge in [0.1, 0.15) is 6.29 Å². The molecule has 0 aliphatic carbocycles. The molecule has 2 N–H and O–H groups in total. The maximum atomic E-state index is 12.2. The third-order valence-electron chi connectivity index (χ3n) is 1.51. The molecule has 70 valence electrons. The van der Waals surface area contributed by atoms with E-state index in [9.17, 15) is 17.7 Å². The molecule has 0 unspecified atom stereocenters. The molecule has 2 nitrogen and oxygen atoms in total. The van der Waals surface area contributed by atoms with Crippen molar-refractivity contribution in [3.63, 3.8) is 0 Å². The summed E-state index contributed by atoms with van der Waals surface area (Å²) < 4.78 is 36.5. The summed E-state index contributed by atoms with van der Waals surface area (Å²) in [6, 6.07) is 2.79. The minimum Gasteiger partial charge on any atom is -0.445 e. The summed E-state index contributed by atoms with van der Waals surface area (Å²) in [6.07, 6.45) is 0.335. The molecule has 6 heteroatoms. The predicted molar refractivity (Wildman–Crippen MR) is 45.0 cm³/mol. The second-order valence-electron chi connectivity index (χ2n) is 2.63. The summed E-state index contributed by atoms with van der Waals surface area (Å²) in [5, 5.41) is 0. The average Bonchev–Trinajstić information content (AvgIpc) is 2.01. The Morgan fingerprint density at radius 3 is 2.31 bits per heavy atom. The monoisotopic (exact) mass is 188 g/mol. The number of anilines is 1. The fraction of sp³-hybridized carbons (Fsp3) is 0. The van der Waals surface area contributed by atoms with Gasteiger partial charge in [-0.2, -0.15) is 0 Å². The van der Waals surface area contributed by atoms with Crippen molar-refractivity contribution in [3.8, 4) is 0 Å². The standard InChI is InChI=1S/C7H6BF3NO/c9-8(10,11)6-1-5(4-13)2-7(12)3-6/h1-4H,12H2/q-1. The minimum atomic E-state index is -5.09. The second kappa shape index (κ2) is 3.12. The highest BCUT2D eigenvalue weighted by Crippen LogP contribution is 2.12. The summed E-state index contributed by atoms with van der Waals surface area (Å²) in [5.74, 6) is 0. The Bertz CT molecular complexity index is 337. The lowest BCUT2D eigenvalue weighted by molar-refractivity contribution is 0.112. The average molecular weight is 188 g/mol. The maximum absolute atomic E-state index is 12.2. The van der Waals surface area contributed by atoms with Gasteiger partial charge in [-0.05, 0) is 6.07 Å². The number of benzene rings is 1. The zero-order chi connectivity index (χ0) is 10.1. The van der Waals surface area contributed by atoms with Crippen LogP contribution in [0.3, 0.4) is 0 Å². The fourth-order valence-corrected chi connectivity index (χ4v) is 0.959. The molecule has 0 atom stereocenters. The lowest BCUT2D eigenvalue weighted by Gasteiger charge is -2.15. The van der Waals surface area contributed by atoms with E-state index >= 15 is 0 Å². The Morgan fingerprint density at radius 2 is 1.85 bits per heavy atom. The van der Waals surface area contributed by atoms with Gasteiger partial charge in [-0.3, -0.25) is 4.79 Å². The Balaban J connectivity index is 3.24. The zero-order valence-electron chi connectivity index (χ0n) is 6.51. The molecule has 0 aliphatic rings. The van der Waals surface area contributed by atoms with Gasteiger partial charge >= 0.3 is 6.98 Å². The third-order valence-corrected chi connectivity index (χ3v) is 1.51. The van der Waals surface area contributed by atoms with Crippen LogP contribution in [0.4, 0.5) is 18.6 Å². The molecular weight excluding hydrogens is 182 g/mol. The molecule has 0 heterocycles. The summed E-state index contributed by atoms with van der Waals surface area (Å²) in [7, 11) is 0. The Morgan fingerprint density at radius 1 is 1.23 bits per heavy atom. The SMILES string of the molecule is Nc1cc(C=O)cc([B-](F)(F)F)c1. The van der Waals surface area contributed by atoms with E-state index in [1.54, 1.807) is 0 Å². The minimum absolute atomic E-state index is 0.0567. The molecular formula is C7H6BF3NO-. The zero-order valence-corrected chi connectivity index (χ0v) is 6.51. The number of carbonyl (C=O) groups is 1. The van der Waals surface area contributed by atoms with Gasteiger partial charge in [-0.1, -0.05) is 12.1 Å². The van der Waals surface area contributed by atoms with Crippen LogP contribution in [-0.2, 0) is 0 Å². The van der Waals surface area contributed by atoms with Gasteiger partial charge in [0.05, 0.1) is 0 Å². The largest absolute Gasteiger partial charge is 0.509 e. The van der Waals surface area contributed by atoms with E-state index in [0.29, 0.717) is 6.29 Å². The Kier molecular flexibility index (Phi) is 2.31. The lowest BCUT2D eigenvalue weighted by atomic mass is 9.79. The van der Waals surface area contributed by atoms with Crippen molar-refractivity contribution in [2.75, 3.05) is 5.73 Å². The smallest absolute Gasteiger partial charge is 0.445 e. The van der Waals surface area contributed by atoms with Crippen molar-refractivity contribution in [1.29, 1.82) is 0 Å². The maximum Gasteiger partial charge on any atom is 0.509 e. The molecule has 0 fully saturated rings. The summed E-state index contributed by atoms with van der Waals surface area (Å²) in [4.78, 5) is 10.2. The van der Waals surface area contributed by atoms with E-state index < -0.39 is 12.4 Å². The number of rotatable bonds is 2. The van der Waals surface area contributed by atoms with E-state index in [-0.39, 0.29) is 11.3 Å². The number of halogens is 3. The van der Waals surface area contributed by atoms with E-state index in [4.69, 9.17) is 5.73 Å². The molecule has 13 heavy (non-hydrogen) atoms. The molecule has 0 spiro atoms. The van der Waals surface area contributed by atoms with Gasteiger partial charge in [0.15, 0.2) is 0 Å². The molecule has 0 saturated carbocycles. The number of nitrogens with two attached hydrogens (primary N) is 1. The van der Waals surface area contributed by atoms with Crippen LogP contribution < -0.4 is 11.2 Å². The first-order valence-corrected chi connectivity index (χ1v) is 3.49. The predicted octanol–water partition coefficient (Wildman–Crippen LogP) is 1.14.